The second kappa shape index (κ2) is 3.19. The highest BCUT2D eigenvalue weighted by Crippen LogP contribution is 2.22. The molecule has 1 aromatic heterocycles. The van der Waals surface area contributed by atoms with Crippen molar-refractivity contribution in [2.45, 2.75) is 6.92 Å². The zero-order valence-electron chi connectivity index (χ0n) is 8.05. The first kappa shape index (κ1) is 9.38. The first-order valence-electron chi connectivity index (χ1n) is 4.10. The van der Waals surface area contributed by atoms with Gasteiger partial charge in [0.05, 0.1) is 11.6 Å². The van der Waals surface area contributed by atoms with E-state index in [4.69, 9.17) is 0 Å². The molecule has 0 unspecified atom stereocenters. The van der Waals surface area contributed by atoms with Crippen LogP contribution in [0.15, 0.2) is 15.5 Å². The number of rotatable bonds is 1. The molecule has 2 rings (SSSR count). The van der Waals surface area contributed by atoms with Crippen LogP contribution in [0.4, 0.5) is 0 Å². The Morgan fingerprint density at radius 1 is 1.53 bits per heavy atom. The Bertz CT molecular complexity index is 467. The first-order valence-corrected chi connectivity index (χ1v) is 4.10. The fourth-order valence-corrected chi connectivity index (χ4v) is 1.13. The Morgan fingerprint density at radius 2 is 2.27 bits per heavy atom. The summed E-state index contributed by atoms with van der Waals surface area (Å²) in [7, 11) is 1.53. The van der Waals surface area contributed by atoms with Crippen molar-refractivity contribution in [1.29, 1.82) is 0 Å². The van der Waals surface area contributed by atoms with E-state index in [1.807, 2.05) is 0 Å². The summed E-state index contributed by atoms with van der Waals surface area (Å²) in [5.41, 5.74) is 0.810. The van der Waals surface area contributed by atoms with E-state index in [-0.39, 0.29) is 11.3 Å². The van der Waals surface area contributed by atoms with Crippen LogP contribution in [0.25, 0.3) is 6.08 Å². The zero-order chi connectivity index (χ0) is 11.0. The van der Waals surface area contributed by atoms with Crippen molar-refractivity contribution < 1.29 is 24.0 Å². The van der Waals surface area contributed by atoms with Crippen LogP contribution in [0.5, 0.6) is 5.95 Å². The molecule has 78 valence electrons. The van der Waals surface area contributed by atoms with E-state index in [0.29, 0.717) is 5.69 Å². The van der Waals surface area contributed by atoms with Crippen LogP contribution >= 0.6 is 0 Å². The molecule has 2 heterocycles. The third kappa shape index (κ3) is 1.47. The summed E-state index contributed by atoms with van der Waals surface area (Å²) in [5.74, 6) is -1.20. The van der Waals surface area contributed by atoms with Gasteiger partial charge in [0.25, 0.3) is 0 Å². The van der Waals surface area contributed by atoms with Crippen molar-refractivity contribution in [1.82, 2.24) is 5.16 Å². The van der Waals surface area contributed by atoms with Gasteiger partial charge in [-0.25, -0.2) is 4.79 Å². The molecule has 7 heteroatoms. The second-order valence-corrected chi connectivity index (χ2v) is 2.98. The van der Waals surface area contributed by atoms with E-state index < -0.39 is 11.9 Å². The number of aromatic nitrogens is 1. The molecule has 0 bridgehead atoms. The van der Waals surface area contributed by atoms with Gasteiger partial charge < -0.3 is 9.63 Å². The lowest BCUT2D eigenvalue weighted by atomic mass is 10.2. The van der Waals surface area contributed by atoms with Gasteiger partial charge in [0.2, 0.25) is 5.28 Å². The lowest BCUT2D eigenvalue weighted by molar-refractivity contribution is -0.517. The van der Waals surface area contributed by atoms with Gasteiger partial charge in [-0.15, -0.1) is 0 Å². The van der Waals surface area contributed by atoms with Crippen LogP contribution < -0.4 is 5.11 Å². The molecule has 0 saturated carbocycles. The van der Waals surface area contributed by atoms with Gasteiger partial charge >= 0.3 is 11.7 Å². The SMILES string of the molecule is Cc1noc([O-])c1/C=C1\C(=O)ON=[N+]1C. The van der Waals surface area contributed by atoms with E-state index >= 15 is 0 Å². The van der Waals surface area contributed by atoms with Crippen LogP contribution in [-0.2, 0) is 9.63 Å². The largest absolute Gasteiger partial charge is 0.544 e. The van der Waals surface area contributed by atoms with E-state index in [2.05, 4.69) is 19.8 Å². The Labute approximate surface area is 84.2 Å². The molecule has 0 N–H and O–H groups in total. The predicted molar refractivity (Wildman–Crippen MR) is 43.4 cm³/mol. The molecule has 15 heavy (non-hydrogen) atoms. The minimum absolute atomic E-state index is 0.165. The van der Waals surface area contributed by atoms with Gasteiger partial charge in [0, 0.05) is 11.6 Å². The zero-order valence-corrected chi connectivity index (χ0v) is 8.05. The van der Waals surface area contributed by atoms with E-state index in [9.17, 15) is 9.90 Å². The van der Waals surface area contributed by atoms with Crippen LogP contribution in [0.2, 0.25) is 0 Å². The first-order chi connectivity index (χ1) is 7.09. The molecule has 0 atom stereocenters. The minimum atomic E-state index is -0.613. The van der Waals surface area contributed by atoms with Gasteiger partial charge in [0.1, 0.15) is 0 Å². The monoisotopic (exact) mass is 209 g/mol. The minimum Gasteiger partial charge on any atom is -0.544 e. The lowest BCUT2D eigenvalue weighted by Gasteiger charge is -1.94. The van der Waals surface area contributed by atoms with Crippen molar-refractivity contribution >= 4 is 12.0 Å². The maximum Gasteiger partial charge on any atom is 0.437 e. The summed E-state index contributed by atoms with van der Waals surface area (Å²) in [4.78, 5) is 15.6. The summed E-state index contributed by atoms with van der Waals surface area (Å²) < 4.78 is 5.66. The highest BCUT2D eigenvalue weighted by Gasteiger charge is 2.31. The summed E-state index contributed by atoms with van der Waals surface area (Å²) in [5, 5.41) is 18.0. The fourth-order valence-electron chi connectivity index (χ4n) is 1.13. The second-order valence-electron chi connectivity index (χ2n) is 2.98. The summed E-state index contributed by atoms with van der Waals surface area (Å²) in [6.07, 6.45) is 1.34. The average Bonchev–Trinajstić information content (AvgIpc) is 2.67. The van der Waals surface area contributed by atoms with Gasteiger partial charge in [-0.1, -0.05) is 0 Å². The molecular weight excluding hydrogens is 202 g/mol. The highest BCUT2D eigenvalue weighted by molar-refractivity contribution is 5.91. The standard InChI is InChI=1S/C8H7N3O4/c1-4-5(7(12)14-9-4)3-6-8(13)15-10-11(6)2/h3H,1-2H3. The van der Waals surface area contributed by atoms with Crippen molar-refractivity contribution in [3.63, 3.8) is 0 Å². The molecule has 0 aromatic carbocycles. The molecule has 0 fully saturated rings. The number of aryl methyl sites for hydroxylation is 1. The summed E-state index contributed by atoms with van der Waals surface area (Å²) in [6, 6.07) is 0. The topological polar surface area (TPSA) is 90.8 Å². The number of hydrogen-bond donors (Lipinski definition) is 0. The van der Waals surface area contributed by atoms with Crippen molar-refractivity contribution in [2.24, 2.45) is 5.28 Å². The molecular formula is C8H7N3O4. The molecule has 1 aromatic rings. The maximum absolute atomic E-state index is 11.2. The van der Waals surface area contributed by atoms with E-state index in [1.54, 1.807) is 6.92 Å². The third-order valence-corrected chi connectivity index (χ3v) is 1.96. The van der Waals surface area contributed by atoms with Gasteiger partial charge in [0.15, 0.2) is 7.05 Å². The normalized spacial score (nSPS) is 18.1. The van der Waals surface area contributed by atoms with Crippen molar-refractivity contribution in [3.05, 3.63) is 17.0 Å². The number of carbonyl (C=O) groups excluding carboxylic acids is 1. The molecule has 0 saturated heterocycles. The van der Waals surface area contributed by atoms with Crippen LogP contribution in [-0.4, -0.2) is 22.9 Å². The smallest absolute Gasteiger partial charge is 0.437 e. The van der Waals surface area contributed by atoms with Gasteiger partial charge in [-0.2, -0.15) is 5.16 Å². The van der Waals surface area contributed by atoms with Crippen LogP contribution in [0.3, 0.4) is 0 Å². The Balaban J connectivity index is 2.47. The van der Waals surface area contributed by atoms with Crippen LogP contribution in [0, 0.1) is 6.92 Å². The average molecular weight is 209 g/mol. The van der Waals surface area contributed by atoms with Gasteiger partial charge in [-0.05, 0) is 11.6 Å². The Kier molecular flexibility index (Phi) is 2.00. The van der Waals surface area contributed by atoms with Crippen LogP contribution in [0.1, 0.15) is 11.3 Å². The quantitative estimate of drug-likeness (QED) is 0.478. The number of carbonyl (C=O) groups is 1. The van der Waals surface area contributed by atoms with Crippen molar-refractivity contribution in [3.8, 4) is 5.95 Å². The molecule has 0 radical (unpaired) electrons. The third-order valence-electron chi connectivity index (χ3n) is 1.96. The number of hydrogen-bond acceptors (Lipinski definition) is 6. The molecule has 0 amide bonds. The molecule has 0 spiro atoms. The Morgan fingerprint density at radius 3 is 2.73 bits per heavy atom. The molecule has 0 aliphatic carbocycles. The van der Waals surface area contributed by atoms with E-state index in [1.165, 1.54) is 17.8 Å². The maximum atomic E-state index is 11.2. The lowest BCUT2D eigenvalue weighted by Crippen LogP contribution is -2.05. The number of nitrogens with zero attached hydrogens (tertiary/aromatic N) is 3. The Hall–Kier alpha value is -2.18. The van der Waals surface area contributed by atoms with Crippen molar-refractivity contribution in [2.75, 3.05) is 7.05 Å². The molecule has 1 aliphatic rings. The molecule has 1 aliphatic heterocycles. The predicted octanol–water partition coefficient (Wildman–Crippen LogP) is -0.0362. The molecule has 7 nitrogen and oxygen atoms in total. The summed E-state index contributed by atoms with van der Waals surface area (Å²) >= 11 is 0. The number of likely N-dealkylation sites (N-methyl/N-ethyl adjacent to an activating group) is 1. The summed E-state index contributed by atoms with van der Waals surface area (Å²) in [6.45, 7) is 1.61. The van der Waals surface area contributed by atoms with Gasteiger partial charge in [-0.3, -0.25) is 4.84 Å². The highest BCUT2D eigenvalue weighted by atomic mass is 16.7. The van der Waals surface area contributed by atoms with E-state index in [0.717, 1.165) is 0 Å². The fraction of sp³-hybridized carbons (Fsp3) is 0.250.